The Balaban J connectivity index is 2.76. The smallest absolute Gasteiger partial charge is 0.328 e. The lowest BCUT2D eigenvalue weighted by Gasteiger charge is -2.24. The van der Waals surface area contributed by atoms with Gasteiger partial charge in [0.05, 0.1) is 18.6 Å². The highest BCUT2D eigenvalue weighted by molar-refractivity contribution is 5.96. The SMILES string of the molecule is CC(NC(=O)C(N)Cc1ccc(O)cc1)C(=O)NC(CC(N)=O)C(=O)NC(C(=O)O)C(C)O. The molecule has 13 nitrogen and oxygen atoms in total. The molecule has 33 heavy (non-hydrogen) atoms. The van der Waals surface area contributed by atoms with Crippen LogP contribution in [0.2, 0.25) is 0 Å². The number of hydrogen-bond donors (Lipinski definition) is 8. The van der Waals surface area contributed by atoms with Crippen LogP contribution in [0.15, 0.2) is 24.3 Å². The number of primary amides is 1. The number of benzene rings is 1. The standard InChI is InChI=1S/C20H29N5O8/c1-9(23-18(30)13(21)7-11-3-5-12(27)6-4-11)17(29)24-14(8-15(22)28)19(31)25-16(10(2)26)20(32)33/h3-6,9-10,13-14,16,26-27H,7-8,21H2,1-2H3,(H2,22,28)(H,23,30)(H,24,29)(H,25,31)(H,32,33). The van der Waals surface area contributed by atoms with Crippen molar-refractivity contribution in [3.05, 3.63) is 29.8 Å². The molecule has 0 radical (unpaired) electrons. The topological polar surface area (TPSA) is 234 Å². The normalized spacial score (nSPS) is 15.3. The van der Waals surface area contributed by atoms with Gasteiger partial charge in [-0.2, -0.15) is 0 Å². The van der Waals surface area contributed by atoms with E-state index in [0.717, 1.165) is 6.92 Å². The molecule has 0 saturated heterocycles. The molecule has 5 unspecified atom stereocenters. The molecule has 0 fully saturated rings. The number of carbonyl (C=O) groups excluding carboxylic acids is 4. The van der Waals surface area contributed by atoms with Crippen molar-refractivity contribution in [1.29, 1.82) is 0 Å². The van der Waals surface area contributed by atoms with Crippen LogP contribution in [0.1, 0.15) is 25.8 Å². The van der Waals surface area contributed by atoms with Gasteiger partial charge in [0.25, 0.3) is 0 Å². The molecule has 10 N–H and O–H groups in total. The molecule has 4 amide bonds. The minimum atomic E-state index is -1.68. The lowest BCUT2D eigenvalue weighted by Crippen LogP contribution is -2.58. The Hall–Kier alpha value is -3.71. The quantitative estimate of drug-likeness (QED) is 0.157. The van der Waals surface area contributed by atoms with Crippen LogP contribution in [0, 0.1) is 0 Å². The zero-order chi connectivity index (χ0) is 25.3. The van der Waals surface area contributed by atoms with Gasteiger partial charge in [-0.3, -0.25) is 19.2 Å². The van der Waals surface area contributed by atoms with Gasteiger partial charge in [0.1, 0.15) is 17.8 Å². The number of carboxylic acid groups (broad SMARTS) is 1. The number of hydrogen-bond acceptors (Lipinski definition) is 8. The number of carbonyl (C=O) groups is 5. The van der Waals surface area contributed by atoms with E-state index in [4.69, 9.17) is 16.6 Å². The number of carboxylic acids is 1. The van der Waals surface area contributed by atoms with Gasteiger partial charge in [-0.25, -0.2) is 4.79 Å². The molecular formula is C20H29N5O8. The number of rotatable bonds is 12. The van der Waals surface area contributed by atoms with E-state index < -0.39 is 66.3 Å². The van der Waals surface area contributed by atoms with E-state index in [2.05, 4.69) is 10.6 Å². The van der Waals surface area contributed by atoms with Crippen molar-refractivity contribution >= 4 is 29.6 Å². The Morgan fingerprint density at radius 1 is 0.939 bits per heavy atom. The van der Waals surface area contributed by atoms with Crippen molar-refractivity contribution in [2.24, 2.45) is 11.5 Å². The number of nitrogens with one attached hydrogen (secondary N) is 3. The summed E-state index contributed by atoms with van der Waals surface area (Å²) in [7, 11) is 0. The van der Waals surface area contributed by atoms with Crippen molar-refractivity contribution in [3.63, 3.8) is 0 Å². The van der Waals surface area contributed by atoms with Crippen LogP contribution in [-0.2, 0) is 30.4 Å². The maximum absolute atomic E-state index is 12.5. The van der Waals surface area contributed by atoms with Crippen LogP contribution in [0.4, 0.5) is 0 Å². The molecule has 0 saturated carbocycles. The summed E-state index contributed by atoms with van der Waals surface area (Å²) in [5.74, 6) is -5.00. The molecule has 5 atom stereocenters. The zero-order valence-electron chi connectivity index (χ0n) is 18.1. The van der Waals surface area contributed by atoms with E-state index >= 15 is 0 Å². The molecule has 0 aliphatic rings. The van der Waals surface area contributed by atoms with Crippen LogP contribution < -0.4 is 27.4 Å². The average Bonchev–Trinajstić information content (AvgIpc) is 2.71. The third-order valence-electron chi connectivity index (χ3n) is 4.57. The fraction of sp³-hybridized carbons (Fsp3) is 0.450. The Morgan fingerprint density at radius 3 is 2.00 bits per heavy atom. The molecule has 0 bridgehead atoms. The second-order valence-corrected chi connectivity index (χ2v) is 7.50. The largest absolute Gasteiger partial charge is 0.508 e. The van der Waals surface area contributed by atoms with Crippen LogP contribution in [0.25, 0.3) is 0 Å². The predicted octanol–water partition coefficient (Wildman–Crippen LogP) is -2.92. The fourth-order valence-electron chi connectivity index (χ4n) is 2.71. The van der Waals surface area contributed by atoms with Gasteiger partial charge in [0.15, 0.2) is 6.04 Å². The molecule has 13 heteroatoms. The summed E-state index contributed by atoms with van der Waals surface area (Å²) in [5, 5.41) is 34.5. The summed E-state index contributed by atoms with van der Waals surface area (Å²) in [4.78, 5) is 59.6. The number of phenols is 1. The summed E-state index contributed by atoms with van der Waals surface area (Å²) in [5.41, 5.74) is 11.6. The van der Waals surface area contributed by atoms with Crippen molar-refractivity contribution in [3.8, 4) is 5.75 Å². The number of aliphatic carboxylic acids is 1. The van der Waals surface area contributed by atoms with Crippen molar-refractivity contribution in [2.45, 2.75) is 57.0 Å². The molecule has 0 spiro atoms. The Morgan fingerprint density at radius 2 is 1.52 bits per heavy atom. The highest BCUT2D eigenvalue weighted by Crippen LogP contribution is 2.11. The van der Waals surface area contributed by atoms with E-state index in [0.29, 0.717) is 5.56 Å². The average molecular weight is 467 g/mol. The van der Waals surface area contributed by atoms with Crippen LogP contribution in [0.5, 0.6) is 5.75 Å². The van der Waals surface area contributed by atoms with Crippen molar-refractivity contribution < 1.29 is 39.3 Å². The summed E-state index contributed by atoms with van der Waals surface area (Å²) in [6.45, 7) is 2.45. The molecular weight excluding hydrogens is 438 g/mol. The Labute approximate surface area is 189 Å². The van der Waals surface area contributed by atoms with Gasteiger partial charge in [0, 0.05) is 0 Å². The predicted molar refractivity (Wildman–Crippen MR) is 114 cm³/mol. The molecule has 0 aliphatic heterocycles. The summed E-state index contributed by atoms with van der Waals surface area (Å²) in [6.07, 6.45) is -1.97. The first-order valence-corrected chi connectivity index (χ1v) is 9.95. The number of aromatic hydroxyl groups is 1. The number of phenolic OH excluding ortho intramolecular Hbond substituents is 1. The molecule has 0 heterocycles. The van der Waals surface area contributed by atoms with Gasteiger partial charge in [-0.1, -0.05) is 12.1 Å². The van der Waals surface area contributed by atoms with E-state index in [-0.39, 0.29) is 12.2 Å². The van der Waals surface area contributed by atoms with E-state index in [1.165, 1.54) is 19.1 Å². The third-order valence-corrected chi connectivity index (χ3v) is 4.57. The lowest BCUT2D eigenvalue weighted by molar-refractivity contribution is -0.145. The van der Waals surface area contributed by atoms with E-state index in [1.54, 1.807) is 12.1 Å². The summed E-state index contributed by atoms with van der Waals surface area (Å²) < 4.78 is 0. The fourth-order valence-corrected chi connectivity index (χ4v) is 2.71. The molecule has 182 valence electrons. The van der Waals surface area contributed by atoms with Crippen molar-refractivity contribution in [2.75, 3.05) is 0 Å². The van der Waals surface area contributed by atoms with Crippen molar-refractivity contribution in [1.82, 2.24) is 16.0 Å². The maximum atomic E-state index is 12.5. The maximum Gasteiger partial charge on any atom is 0.328 e. The van der Waals surface area contributed by atoms with Gasteiger partial charge in [0.2, 0.25) is 23.6 Å². The second-order valence-electron chi connectivity index (χ2n) is 7.50. The summed E-state index contributed by atoms with van der Waals surface area (Å²) >= 11 is 0. The van der Waals surface area contributed by atoms with Gasteiger partial charge in [-0.05, 0) is 38.0 Å². The zero-order valence-corrected chi connectivity index (χ0v) is 18.1. The number of aliphatic hydroxyl groups excluding tert-OH is 1. The first kappa shape index (κ1) is 27.3. The molecule has 1 rings (SSSR count). The molecule has 0 aliphatic carbocycles. The van der Waals surface area contributed by atoms with Gasteiger partial charge >= 0.3 is 5.97 Å². The van der Waals surface area contributed by atoms with Crippen LogP contribution in [0.3, 0.4) is 0 Å². The van der Waals surface area contributed by atoms with Gasteiger partial charge < -0.3 is 42.7 Å². The number of nitrogens with two attached hydrogens (primary N) is 2. The van der Waals surface area contributed by atoms with Crippen LogP contribution >= 0.6 is 0 Å². The number of aliphatic hydroxyl groups is 1. The molecule has 0 aromatic heterocycles. The second kappa shape index (κ2) is 12.4. The third kappa shape index (κ3) is 9.13. The minimum Gasteiger partial charge on any atom is -0.508 e. The molecule has 1 aromatic carbocycles. The number of amides is 4. The minimum absolute atomic E-state index is 0.0553. The van der Waals surface area contributed by atoms with E-state index in [9.17, 15) is 34.2 Å². The Bertz CT molecular complexity index is 874. The van der Waals surface area contributed by atoms with E-state index in [1.807, 2.05) is 5.32 Å². The Kier molecular flexibility index (Phi) is 10.2. The van der Waals surface area contributed by atoms with Crippen LogP contribution in [-0.4, -0.2) is 75.2 Å². The van der Waals surface area contributed by atoms with Gasteiger partial charge in [-0.15, -0.1) is 0 Å². The highest BCUT2D eigenvalue weighted by atomic mass is 16.4. The monoisotopic (exact) mass is 467 g/mol. The first-order chi connectivity index (χ1) is 15.3. The first-order valence-electron chi connectivity index (χ1n) is 9.95. The summed E-state index contributed by atoms with van der Waals surface area (Å²) in [6, 6.07) is 0.640. The lowest BCUT2D eigenvalue weighted by atomic mass is 10.1. The highest BCUT2D eigenvalue weighted by Gasteiger charge is 2.31. The molecule has 1 aromatic rings.